The van der Waals surface area contributed by atoms with Gasteiger partial charge in [0.1, 0.15) is 42.5 Å². The number of aromatic hydroxyl groups is 1. The largest absolute Gasteiger partial charge is 0.508 e. The number of terminal acetylenes is 1. The number of hydrogen-bond acceptors (Lipinski definition) is 7. The van der Waals surface area contributed by atoms with E-state index in [1.54, 1.807) is 0 Å². The number of hydrogen-bond donors (Lipinski definition) is 1. The molecular formula is C32H23ClF8N4O3. The number of rotatable bonds is 5. The molecule has 3 atom stereocenters. The molecule has 1 N–H and O–H groups in total. The maximum absolute atomic E-state index is 16.9. The first kappa shape index (κ1) is 32.3. The van der Waals surface area contributed by atoms with Crippen LogP contribution in [-0.4, -0.2) is 76.8 Å². The summed E-state index contributed by atoms with van der Waals surface area (Å²) in [6, 6.07) is 1.03. The van der Waals surface area contributed by atoms with Crippen LogP contribution in [0.4, 0.5) is 40.9 Å². The highest BCUT2D eigenvalue weighted by Gasteiger charge is 2.51. The van der Waals surface area contributed by atoms with Crippen molar-refractivity contribution in [2.75, 3.05) is 31.2 Å². The molecule has 2 saturated heterocycles. The second kappa shape index (κ2) is 11.4. The highest BCUT2D eigenvalue weighted by molar-refractivity contribution is 6.37. The Labute approximate surface area is 272 Å². The summed E-state index contributed by atoms with van der Waals surface area (Å²) in [6.45, 7) is -0.873. The lowest BCUT2D eigenvalue weighted by Crippen LogP contribution is -2.52. The molecule has 0 spiro atoms. The molecule has 48 heavy (non-hydrogen) atoms. The van der Waals surface area contributed by atoms with E-state index in [-0.39, 0.29) is 41.5 Å². The van der Waals surface area contributed by atoms with Gasteiger partial charge < -0.3 is 14.6 Å². The van der Waals surface area contributed by atoms with Crippen molar-refractivity contribution >= 4 is 39.1 Å². The average Bonchev–Trinajstić information content (AvgIpc) is 3.47. The van der Waals surface area contributed by atoms with Gasteiger partial charge in [0.2, 0.25) is 0 Å². The SMILES string of the molecule is C#Cc1c(F)ccc2cc(O)cc(-c3c(Cl)c4c5c(nc(OC[C@@]67CCCN6C[C@H](F)C7)nc5c3F)N(C(F)(F)F)C(C(F)F)CO4)c12. The standard InChI is InChI=1S/C32H23ClF8N4O3/c1-2-17-19(35)5-4-14-8-16(46)9-18(21(14)17)22-24(33)27-23-26(25(22)36)42-30(48-13-31-6-3-7-44(31)11-15(34)10-31)43-29(23)45(32(39,40)41)20(12-47-27)28(37)38/h1,4-5,8-9,15,20,28,46H,3,6-7,10-13H2/t15-,20?,31+/m1/s1. The van der Waals surface area contributed by atoms with Crippen molar-refractivity contribution in [3.05, 3.63) is 46.5 Å². The van der Waals surface area contributed by atoms with Crippen LogP contribution < -0.4 is 14.4 Å². The van der Waals surface area contributed by atoms with Crippen molar-refractivity contribution < 1.29 is 49.7 Å². The van der Waals surface area contributed by atoms with Crippen LogP contribution >= 0.6 is 11.6 Å². The van der Waals surface area contributed by atoms with Gasteiger partial charge in [0, 0.05) is 23.9 Å². The first-order valence-electron chi connectivity index (χ1n) is 14.7. The molecule has 3 aromatic carbocycles. The first-order valence-corrected chi connectivity index (χ1v) is 15.1. The lowest BCUT2D eigenvalue weighted by molar-refractivity contribution is -0.144. The van der Waals surface area contributed by atoms with Crippen LogP contribution in [0.3, 0.4) is 0 Å². The number of alkyl halides is 6. The number of fused-ring (bicyclic) bond motifs is 2. The maximum Gasteiger partial charge on any atom is 0.486 e. The molecule has 1 unspecified atom stereocenters. The number of aromatic nitrogens is 2. The fraction of sp³-hybridized carbons (Fsp3) is 0.375. The van der Waals surface area contributed by atoms with E-state index in [9.17, 15) is 35.8 Å². The molecule has 2 fully saturated rings. The Morgan fingerprint density at radius 3 is 2.67 bits per heavy atom. The van der Waals surface area contributed by atoms with Crippen molar-refractivity contribution in [1.29, 1.82) is 0 Å². The summed E-state index contributed by atoms with van der Waals surface area (Å²) >= 11 is 6.64. The minimum atomic E-state index is -5.49. The number of phenolic OH excluding ortho intramolecular Hbond substituents is 1. The number of nitrogens with zero attached hydrogens (tertiary/aromatic N) is 4. The van der Waals surface area contributed by atoms with Gasteiger partial charge in [-0.15, -0.1) is 6.42 Å². The average molecular weight is 699 g/mol. The molecule has 16 heteroatoms. The van der Waals surface area contributed by atoms with Crippen molar-refractivity contribution in [3.8, 4) is 41.0 Å². The molecule has 3 aliphatic rings. The number of halogens is 9. The zero-order valence-corrected chi connectivity index (χ0v) is 25.3. The number of ether oxygens (including phenoxy) is 2. The van der Waals surface area contributed by atoms with E-state index in [4.69, 9.17) is 27.5 Å². The quantitative estimate of drug-likeness (QED) is 0.133. The summed E-state index contributed by atoms with van der Waals surface area (Å²) in [7, 11) is 0. The fourth-order valence-corrected chi connectivity index (χ4v) is 7.48. The van der Waals surface area contributed by atoms with Crippen LogP contribution in [0.15, 0.2) is 24.3 Å². The fourth-order valence-electron chi connectivity index (χ4n) is 7.15. The van der Waals surface area contributed by atoms with Crippen molar-refractivity contribution in [2.24, 2.45) is 0 Å². The molecule has 7 rings (SSSR count). The van der Waals surface area contributed by atoms with Crippen LogP contribution in [0.2, 0.25) is 5.02 Å². The third-order valence-electron chi connectivity index (χ3n) is 9.16. The summed E-state index contributed by atoms with van der Waals surface area (Å²) in [5.74, 6) is -2.42. The van der Waals surface area contributed by atoms with Crippen LogP contribution in [-0.2, 0) is 0 Å². The van der Waals surface area contributed by atoms with E-state index >= 15 is 4.39 Å². The van der Waals surface area contributed by atoms with Gasteiger partial charge in [0.25, 0.3) is 6.43 Å². The molecule has 4 heterocycles. The van der Waals surface area contributed by atoms with Crippen LogP contribution in [0.5, 0.6) is 17.5 Å². The van der Waals surface area contributed by atoms with E-state index < -0.39 is 98.4 Å². The minimum absolute atomic E-state index is 0.0698. The van der Waals surface area contributed by atoms with Gasteiger partial charge >= 0.3 is 12.3 Å². The Balaban J connectivity index is 1.51. The Hall–Kier alpha value is -4.29. The number of anilines is 1. The summed E-state index contributed by atoms with van der Waals surface area (Å²) in [6.07, 6.45) is -3.46. The smallest absolute Gasteiger partial charge is 0.486 e. The van der Waals surface area contributed by atoms with Gasteiger partial charge in [0.15, 0.2) is 17.4 Å². The monoisotopic (exact) mass is 698 g/mol. The minimum Gasteiger partial charge on any atom is -0.508 e. The van der Waals surface area contributed by atoms with Crippen molar-refractivity contribution in [3.63, 3.8) is 0 Å². The molecule has 4 aromatic rings. The lowest BCUT2D eigenvalue weighted by atomic mass is 9.92. The Morgan fingerprint density at radius 2 is 1.96 bits per heavy atom. The zero-order valence-electron chi connectivity index (χ0n) is 24.5. The zero-order chi connectivity index (χ0) is 34.3. The first-order chi connectivity index (χ1) is 22.7. The van der Waals surface area contributed by atoms with Gasteiger partial charge in [-0.25, -0.2) is 22.0 Å². The number of benzene rings is 3. The van der Waals surface area contributed by atoms with Gasteiger partial charge in [0.05, 0.1) is 21.5 Å². The van der Waals surface area contributed by atoms with Crippen LogP contribution in [0.1, 0.15) is 24.8 Å². The predicted octanol–water partition coefficient (Wildman–Crippen LogP) is 7.38. The van der Waals surface area contributed by atoms with Crippen molar-refractivity contribution in [2.45, 2.75) is 49.7 Å². The van der Waals surface area contributed by atoms with E-state index in [1.165, 1.54) is 12.1 Å². The van der Waals surface area contributed by atoms with Crippen molar-refractivity contribution in [1.82, 2.24) is 14.9 Å². The van der Waals surface area contributed by atoms with E-state index in [0.29, 0.717) is 19.4 Å². The van der Waals surface area contributed by atoms with Gasteiger partial charge in [-0.05, 0) is 48.5 Å². The molecule has 0 bridgehead atoms. The summed E-state index contributed by atoms with van der Waals surface area (Å²) < 4.78 is 130. The Bertz CT molecular complexity index is 2020. The highest BCUT2D eigenvalue weighted by Crippen LogP contribution is 2.52. The molecule has 0 saturated carbocycles. The number of phenols is 1. The third-order valence-corrected chi connectivity index (χ3v) is 9.52. The topological polar surface area (TPSA) is 71.0 Å². The van der Waals surface area contributed by atoms with Gasteiger partial charge in [-0.1, -0.05) is 23.6 Å². The Kier molecular flexibility index (Phi) is 7.67. The van der Waals surface area contributed by atoms with Crippen LogP contribution in [0.25, 0.3) is 32.8 Å². The van der Waals surface area contributed by atoms with E-state index in [0.717, 1.165) is 12.1 Å². The normalized spacial score (nSPS) is 22.6. The highest BCUT2D eigenvalue weighted by atomic mass is 35.5. The maximum atomic E-state index is 16.9. The van der Waals surface area contributed by atoms with Gasteiger partial charge in [-0.2, -0.15) is 23.1 Å². The molecule has 3 aliphatic heterocycles. The van der Waals surface area contributed by atoms with E-state index in [2.05, 4.69) is 15.9 Å². The summed E-state index contributed by atoms with van der Waals surface area (Å²) in [5.41, 5.74) is -2.94. The molecule has 7 nitrogen and oxygen atoms in total. The molecule has 0 radical (unpaired) electrons. The third kappa shape index (κ3) is 4.99. The molecule has 1 aromatic heterocycles. The van der Waals surface area contributed by atoms with E-state index in [1.807, 2.05) is 4.90 Å². The second-order valence-electron chi connectivity index (χ2n) is 12.0. The van der Waals surface area contributed by atoms with Crippen LogP contribution in [0, 0.1) is 24.0 Å². The molecule has 0 aliphatic carbocycles. The second-order valence-corrected chi connectivity index (χ2v) is 12.3. The molecule has 0 amide bonds. The predicted molar refractivity (Wildman–Crippen MR) is 159 cm³/mol. The van der Waals surface area contributed by atoms with Gasteiger partial charge in [-0.3, -0.25) is 9.80 Å². The summed E-state index contributed by atoms with van der Waals surface area (Å²) in [4.78, 5) is 9.13. The lowest BCUT2D eigenvalue weighted by Gasteiger charge is -2.32. The molecular weight excluding hydrogens is 676 g/mol. The Morgan fingerprint density at radius 1 is 1.19 bits per heavy atom. The summed E-state index contributed by atoms with van der Waals surface area (Å²) in [5, 5.41) is 9.10. The molecule has 252 valence electrons.